The number of carboxylic acid groups (broad SMARTS) is 1. The summed E-state index contributed by atoms with van der Waals surface area (Å²) >= 11 is 11.3. The van der Waals surface area contributed by atoms with Crippen molar-refractivity contribution in [2.45, 2.75) is 6.73 Å². The van der Waals surface area contributed by atoms with Crippen LogP contribution < -0.4 is 4.74 Å². The number of hydrogen-bond acceptors (Lipinski definition) is 3. The van der Waals surface area contributed by atoms with E-state index < -0.39 is 11.8 Å². The van der Waals surface area contributed by atoms with Gasteiger partial charge in [-0.3, -0.25) is 0 Å². The molecule has 0 amide bonds. The normalized spacial score (nSPS) is 10.5. The van der Waals surface area contributed by atoms with Crippen LogP contribution in [0, 0.1) is 5.82 Å². The number of aromatic carboxylic acids is 1. The second-order valence-electron chi connectivity index (χ2n) is 3.52. The van der Waals surface area contributed by atoms with Gasteiger partial charge >= 0.3 is 5.97 Å². The second kappa shape index (κ2) is 5.46. The molecule has 2 aromatic rings. The minimum Gasteiger partial charge on any atom is -0.476 e. The average Bonchev–Trinajstić information content (AvgIpc) is 2.69. The first-order valence-corrected chi connectivity index (χ1v) is 5.77. The van der Waals surface area contributed by atoms with E-state index >= 15 is 0 Å². The smallest absolute Gasteiger partial charge is 0.357 e. The molecule has 0 spiro atoms. The predicted octanol–water partition coefficient (Wildman–Crippen LogP) is 3.06. The largest absolute Gasteiger partial charge is 0.476 e. The molecule has 0 aliphatic heterocycles. The van der Waals surface area contributed by atoms with Crippen molar-refractivity contribution < 1.29 is 19.0 Å². The van der Waals surface area contributed by atoms with Crippen LogP contribution in [0.4, 0.5) is 4.39 Å². The molecule has 0 aliphatic carbocycles. The van der Waals surface area contributed by atoms with Crippen LogP contribution in [0.2, 0.25) is 10.0 Å². The molecule has 0 radical (unpaired) electrons. The van der Waals surface area contributed by atoms with Crippen molar-refractivity contribution in [3.05, 3.63) is 46.0 Å². The standard InChI is InChI=1S/C11H7Cl2FN2O3/c12-6-1-2-9(8(14)3-6)19-5-16-4-7(13)10(15-16)11(17)18/h1-4H,5H2,(H,17,18). The highest BCUT2D eigenvalue weighted by molar-refractivity contribution is 6.33. The highest BCUT2D eigenvalue weighted by Crippen LogP contribution is 2.21. The van der Waals surface area contributed by atoms with Gasteiger partial charge in [-0.15, -0.1) is 0 Å². The molecular formula is C11H7Cl2FN2O3. The second-order valence-corrected chi connectivity index (χ2v) is 4.36. The van der Waals surface area contributed by atoms with E-state index in [0.717, 1.165) is 10.7 Å². The number of ether oxygens (including phenoxy) is 1. The summed E-state index contributed by atoms with van der Waals surface area (Å²) in [5, 5.41) is 12.7. The van der Waals surface area contributed by atoms with Crippen LogP contribution in [0.25, 0.3) is 0 Å². The third kappa shape index (κ3) is 3.15. The van der Waals surface area contributed by atoms with Crippen molar-refractivity contribution in [3.63, 3.8) is 0 Å². The summed E-state index contributed by atoms with van der Waals surface area (Å²) in [7, 11) is 0. The van der Waals surface area contributed by atoms with Gasteiger partial charge in [-0.1, -0.05) is 23.2 Å². The monoisotopic (exact) mass is 304 g/mol. The van der Waals surface area contributed by atoms with Crippen molar-refractivity contribution >= 4 is 29.2 Å². The van der Waals surface area contributed by atoms with Gasteiger partial charge in [-0.25, -0.2) is 13.9 Å². The van der Waals surface area contributed by atoms with Gasteiger partial charge in [0.1, 0.15) is 0 Å². The molecule has 1 heterocycles. The summed E-state index contributed by atoms with van der Waals surface area (Å²) in [6, 6.07) is 3.94. The summed E-state index contributed by atoms with van der Waals surface area (Å²) in [5.74, 6) is -1.89. The number of halogens is 3. The Kier molecular flexibility index (Phi) is 3.92. The fourth-order valence-corrected chi connectivity index (χ4v) is 1.73. The number of aromatic nitrogens is 2. The third-order valence-corrected chi connectivity index (χ3v) is 2.68. The van der Waals surface area contributed by atoms with E-state index in [-0.39, 0.29) is 28.2 Å². The zero-order valence-electron chi connectivity index (χ0n) is 9.31. The van der Waals surface area contributed by atoms with Crippen molar-refractivity contribution in [2.75, 3.05) is 0 Å². The zero-order valence-corrected chi connectivity index (χ0v) is 10.8. The molecule has 0 saturated carbocycles. The number of nitrogens with zero attached hydrogens (tertiary/aromatic N) is 2. The molecule has 0 aliphatic rings. The number of hydrogen-bond donors (Lipinski definition) is 1. The molecule has 0 unspecified atom stereocenters. The van der Waals surface area contributed by atoms with E-state index in [9.17, 15) is 9.18 Å². The van der Waals surface area contributed by atoms with E-state index in [1.807, 2.05) is 0 Å². The Hall–Kier alpha value is -1.79. The number of carbonyl (C=O) groups is 1. The van der Waals surface area contributed by atoms with Crippen LogP contribution >= 0.6 is 23.2 Å². The third-order valence-electron chi connectivity index (χ3n) is 2.17. The zero-order chi connectivity index (χ0) is 14.0. The summed E-state index contributed by atoms with van der Waals surface area (Å²) in [6.07, 6.45) is 1.28. The summed E-state index contributed by atoms with van der Waals surface area (Å²) in [4.78, 5) is 10.7. The van der Waals surface area contributed by atoms with Gasteiger partial charge in [0.2, 0.25) is 0 Å². The van der Waals surface area contributed by atoms with Gasteiger partial charge in [-0.2, -0.15) is 5.10 Å². The van der Waals surface area contributed by atoms with Gasteiger partial charge in [0.15, 0.2) is 24.0 Å². The molecular weight excluding hydrogens is 298 g/mol. The first-order chi connectivity index (χ1) is 8.97. The summed E-state index contributed by atoms with van der Waals surface area (Å²) < 4.78 is 19.7. The van der Waals surface area contributed by atoms with E-state index in [1.54, 1.807) is 0 Å². The average molecular weight is 305 g/mol. The molecule has 19 heavy (non-hydrogen) atoms. The topological polar surface area (TPSA) is 64.3 Å². The number of benzene rings is 1. The van der Waals surface area contributed by atoms with Crippen LogP contribution in [0.5, 0.6) is 5.75 Å². The van der Waals surface area contributed by atoms with E-state index in [4.69, 9.17) is 33.0 Å². The highest BCUT2D eigenvalue weighted by atomic mass is 35.5. The van der Waals surface area contributed by atoms with E-state index in [0.29, 0.717) is 0 Å². The molecule has 0 bridgehead atoms. The molecule has 0 atom stereocenters. The molecule has 1 N–H and O–H groups in total. The Morgan fingerprint density at radius 3 is 2.79 bits per heavy atom. The van der Waals surface area contributed by atoms with Gasteiger partial charge in [0.25, 0.3) is 0 Å². The Morgan fingerprint density at radius 1 is 1.47 bits per heavy atom. The molecule has 5 nitrogen and oxygen atoms in total. The fourth-order valence-electron chi connectivity index (χ4n) is 1.34. The van der Waals surface area contributed by atoms with Crippen molar-refractivity contribution in [2.24, 2.45) is 0 Å². The van der Waals surface area contributed by atoms with Crippen molar-refractivity contribution in [1.82, 2.24) is 9.78 Å². The van der Waals surface area contributed by atoms with Crippen molar-refractivity contribution in [1.29, 1.82) is 0 Å². The quantitative estimate of drug-likeness (QED) is 0.943. The van der Waals surface area contributed by atoms with Gasteiger partial charge in [-0.05, 0) is 18.2 Å². The van der Waals surface area contributed by atoms with Gasteiger partial charge in [0, 0.05) is 11.2 Å². The number of rotatable bonds is 4. The SMILES string of the molecule is O=C(O)c1nn(COc2ccc(Cl)cc2F)cc1Cl. The molecule has 0 saturated heterocycles. The minimum atomic E-state index is -1.25. The first-order valence-electron chi connectivity index (χ1n) is 5.01. The lowest BCUT2D eigenvalue weighted by Crippen LogP contribution is -2.08. The van der Waals surface area contributed by atoms with Crippen LogP contribution in [-0.4, -0.2) is 20.9 Å². The Bertz CT molecular complexity index is 630. The molecule has 100 valence electrons. The van der Waals surface area contributed by atoms with E-state index in [1.165, 1.54) is 18.3 Å². The van der Waals surface area contributed by atoms with Crippen LogP contribution in [0.1, 0.15) is 10.5 Å². The van der Waals surface area contributed by atoms with Crippen LogP contribution in [-0.2, 0) is 6.73 Å². The van der Waals surface area contributed by atoms with E-state index in [2.05, 4.69) is 5.10 Å². The lowest BCUT2D eigenvalue weighted by molar-refractivity contribution is 0.0688. The molecule has 8 heteroatoms. The minimum absolute atomic E-state index is 0.0205. The summed E-state index contributed by atoms with van der Waals surface area (Å²) in [5.41, 5.74) is -0.290. The molecule has 2 rings (SSSR count). The maximum absolute atomic E-state index is 13.4. The molecule has 1 aromatic heterocycles. The van der Waals surface area contributed by atoms with Gasteiger partial charge in [0.05, 0.1) is 5.02 Å². The lowest BCUT2D eigenvalue weighted by Gasteiger charge is -2.07. The first kappa shape index (κ1) is 13.6. The maximum Gasteiger partial charge on any atom is 0.357 e. The van der Waals surface area contributed by atoms with Crippen LogP contribution in [0.15, 0.2) is 24.4 Å². The molecule has 0 fully saturated rings. The Morgan fingerprint density at radius 2 is 2.21 bits per heavy atom. The fraction of sp³-hybridized carbons (Fsp3) is 0.0909. The Balaban J connectivity index is 2.10. The van der Waals surface area contributed by atoms with Crippen molar-refractivity contribution in [3.8, 4) is 5.75 Å². The molecule has 1 aromatic carbocycles. The summed E-state index contributed by atoms with van der Waals surface area (Å²) in [6.45, 7) is -0.175. The maximum atomic E-state index is 13.4. The highest BCUT2D eigenvalue weighted by Gasteiger charge is 2.14. The van der Waals surface area contributed by atoms with Gasteiger partial charge < -0.3 is 9.84 Å². The lowest BCUT2D eigenvalue weighted by atomic mass is 10.3. The predicted molar refractivity (Wildman–Crippen MR) is 66.2 cm³/mol. The number of carboxylic acids is 1. The van der Waals surface area contributed by atoms with Crippen LogP contribution in [0.3, 0.4) is 0 Å². The Labute approximate surface area is 117 Å².